The molecule has 0 amide bonds. The molecule has 1 fully saturated rings. The van der Waals surface area contributed by atoms with Gasteiger partial charge in [-0.05, 0) is 23.6 Å². The summed E-state index contributed by atoms with van der Waals surface area (Å²) in [6.45, 7) is 5.33. The van der Waals surface area contributed by atoms with Gasteiger partial charge in [-0.2, -0.15) is 0 Å². The van der Waals surface area contributed by atoms with Crippen molar-refractivity contribution in [3.8, 4) is 17.2 Å². The van der Waals surface area contributed by atoms with Crippen LogP contribution in [0.5, 0.6) is 17.2 Å². The maximum Gasteiger partial charge on any atom is 0.303 e. The lowest BCUT2D eigenvalue weighted by Gasteiger charge is -2.40. The summed E-state index contributed by atoms with van der Waals surface area (Å²) in [5.74, 6) is 0.172. The van der Waals surface area contributed by atoms with Gasteiger partial charge in [0.2, 0.25) is 17.3 Å². The molecule has 34 heavy (non-hydrogen) atoms. The molecule has 1 aromatic carbocycles. The van der Waals surface area contributed by atoms with Crippen LogP contribution >= 0.6 is 0 Å². The van der Waals surface area contributed by atoms with Crippen LogP contribution in [0.1, 0.15) is 38.0 Å². The highest BCUT2D eigenvalue weighted by atomic mass is 16.6. The van der Waals surface area contributed by atoms with E-state index in [0.717, 1.165) is 5.56 Å². The molecular weight excluding hydrogens is 444 g/mol. The van der Waals surface area contributed by atoms with Crippen molar-refractivity contribution in [2.24, 2.45) is 11.8 Å². The van der Waals surface area contributed by atoms with Gasteiger partial charge < -0.3 is 33.2 Å². The molecule has 1 aliphatic carbocycles. The summed E-state index contributed by atoms with van der Waals surface area (Å²) in [4.78, 5) is 25.3. The Bertz CT molecular complexity index is 1100. The third-order valence-electron chi connectivity index (χ3n) is 7.06. The quantitative estimate of drug-likeness (QED) is 0.576. The van der Waals surface area contributed by atoms with Gasteiger partial charge in [-0.25, -0.2) is 0 Å². The molecular formula is C25H30O9. The van der Waals surface area contributed by atoms with Crippen LogP contribution in [-0.4, -0.2) is 53.4 Å². The Kier molecular flexibility index (Phi) is 6.01. The van der Waals surface area contributed by atoms with Crippen LogP contribution in [0.25, 0.3) is 0 Å². The molecule has 1 spiro atoms. The lowest BCUT2D eigenvalue weighted by Crippen LogP contribution is -2.44. The van der Waals surface area contributed by atoms with Crippen molar-refractivity contribution in [2.75, 3.05) is 35.5 Å². The Labute approximate surface area is 198 Å². The van der Waals surface area contributed by atoms with Gasteiger partial charge in [0.25, 0.3) is 0 Å². The first-order valence-corrected chi connectivity index (χ1v) is 11.0. The van der Waals surface area contributed by atoms with Crippen LogP contribution in [0.3, 0.4) is 0 Å². The van der Waals surface area contributed by atoms with Gasteiger partial charge in [-0.3, -0.25) is 9.59 Å². The number of allylic oxidation sites excluding steroid dienone is 1. The fraction of sp³-hybridized carbons (Fsp3) is 0.520. The number of carbonyl (C=O) groups excluding carboxylic acids is 2. The van der Waals surface area contributed by atoms with Crippen LogP contribution in [0.2, 0.25) is 0 Å². The molecule has 2 bridgehead atoms. The van der Waals surface area contributed by atoms with Crippen molar-refractivity contribution in [3.05, 3.63) is 40.4 Å². The maximum absolute atomic E-state index is 13.1. The normalized spacial score (nSPS) is 29.4. The second-order valence-corrected chi connectivity index (χ2v) is 8.61. The van der Waals surface area contributed by atoms with E-state index in [2.05, 4.69) is 0 Å². The van der Waals surface area contributed by atoms with Crippen molar-refractivity contribution in [1.29, 1.82) is 0 Å². The first kappa shape index (κ1) is 23.9. The highest BCUT2D eigenvalue weighted by molar-refractivity contribution is 6.05. The number of ether oxygens (including phenoxy) is 7. The smallest absolute Gasteiger partial charge is 0.303 e. The molecule has 4 rings (SSSR count). The number of hydrogen-bond acceptors (Lipinski definition) is 9. The van der Waals surface area contributed by atoms with E-state index in [1.54, 1.807) is 7.11 Å². The highest BCUT2D eigenvalue weighted by Crippen LogP contribution is 2.65. The standard InChI is InChI=1S/C25H30O9/c1-11-12(2)20(33-13(3)26)15-10-16(27)21(29-5)24(32-8)25(15)18-14(19(11)34-25)9-17(28-4)22(30-6)23(18)31-7/h9-12,19-20H,1-8H3/t11?,12?,19-,20?,25-/m0/s1. The van der Waals surface area contributed by atoms with Gasteiger partial charge in [0.05, 0.1) is 41.7 Å². The summed E-state index contributed by atoms with van der Waals surface area (Å²) in [6, 6.07) is 1.86. The van der Waals surface area contributed by atoms with Crippen molar-refractivity contribution >= 4 is 11.8 Å². The van der Waals surface area contributed by atoms with E-state index in [1.807, 2.05) is 19.9 Å². The number of rotatable bonds is 6. The molecule has 3 aliphatic rings. The van der Waals surface area contributed by atoms with Crippen molar-refractivity contribution in [3.63, 3.8) is 0 Å². The van der Waals surface area contributed by atoms with Crippen molar-refractivity contribution < 1.29 is 42.7 Å². The van der Waals surface area contributed by atoms with E-state index in [1.165, 1.54) is 41.4 Å². The molecule has 1 saturated heterocycles. The van der Waals surface area contributed by atoms with E-state index >= 15 is 0 Å². The van der Waals surface area contributed by atoms with Crippen LogP contribution < -0.4 is 14.2 Å². The van der Waals surface area contributed by atoms with E-state index in [-0.39, 0.29) is 23.4 Å². The Balaban J connectivity index is 2.18. The summed E-state index contributed by atoms with van der Waals surface area (Å²) in [6.07, 6.45) is 0.210. The molecule has 1 aromatic rings. The monoisotopic (exact) mass is 474 g/mol. The van der Waals surface area contributed by atoms with Gasteiger partial charge in [-0.15, -0.1) is 0 Å². The summed E-state index contributed by atoms with van der Waals surface area (Å²) in [5, 5.41) is 0. The van der Waals surface area contributed by atoms with Gasteiger partial charge in [0, 0.05) is 24.0 Å². The average Bonchev–Trinajstić information content (AvgIpc) is 3.12. The van der Waals surface area contributed by atoms with E-state index < -0.39 is 29.6 Å². The molecule has 9 heteroatoms. The van der Waals surface area contributed by atoms with Crippen LogP contribution in [0, 0.1) is 11.8 Å². The van der Waals surface area contributed by atoms with Crippen molar-refractivity contribution in [2.45, 2.75) is 38.6 Å². The topological polar surface area (TPSA) is 98.8 Å². The van der Waals surface area contributed by atoms with Gasteiger partial charge >= 0.3 is 5.97 Å². The molecule has 2 aliphatic heterocycles. The van der Waals surface area contributed by atoms with E-state index in [9.17, 15) is 9.59 Å². The molecule has 0 N–H and O–H groups in total. The van der Waals surface area contributed by atoms with Crippen LogP contribution in [0.4, 0.5) is 0 Å². The lowest BCUT2D eigenvalue weighted by molar-refractivity contribution is -0.148. The zero-order chi connectivity index (χ0) is 24.9. The summed E-state index contributed by atoms with van der Waals surface area (Å²) < 4.78 is 41.1. The Morgan fingerprint density at radius 1 is 0.941 bits per heavy atom. The minimum Gasteiger partial charge on any atom is -0.493 e. The first-order valence-electron chi connectivity index (χ1n) is 11.0. The highest BCUT2D eigenvalue weighted by Gasteiger charge is 2.64. The zero-order valence-electron chi connectivity index (χ0n) is 20.6. The fourth-order valence-electron chi connectivity index (χ4n) is 5.45. The molecule has 5 atom stereocenters. The minimum absolute atomic E-state index is 0.00142. The second-order valence-electron chi connectivity index (χ2n) is 8.61. The number of esters is 1. The Morgan fingerprint density at radius 2 is 1.62 bits per heavy atom. The van der Waals surface area contributed by atoms with Crippen molar-refractivity contribution in [1.82, 2.24) is 0 Å². The third kappa shape index (κ3) is 3.02. The Morgan fingerprint density at radius 3 is 2.15 bits per heavy atom. The number of hydrogen-bond donors (Lipinski definition) is 0. The fourth-order valence-corrected chi connectivity index (χ4v) is 5.45. The van der Waals surface area contributed by atoms with Gasteiger partial charge in [0.1, 0.15) is 6.10 Å². The predicted octanol–water partition coefficient (Wildman–Crippen LogP) is 3.21. The molecule has 9 nitrogen and oxygen atoms in total. The average molecular weight is 475 g/mol. The van der Waals surface area contributed by atoms with E-state index in [4.69, 9.17) is 33.2 Å². The Hall–Kier alpha value is -3.20. The number of carbonyl (C=O) groups is 2. The molecule has 0 saturated carbocycles. The summed E-state index contributed by atoms with van der Waals surface area (Å²) >= 11 is 0. The van der Waals surface area contributed by atoms with Crippen LogP contribution in [-0.2, 0) is 34.1 Å². The van der Waals surface area contributed by atoms with E-state index in [0.29, 0.717) is 28.4 Å². The third-order valence-corrected chi connectivity index (χ3v) is 7.06. The number of benzene rings is 1. The van der Waals surface area contributed by atoms with Gasteiger partial charge in [0.15, 0.2) is 22.9 Å². The second kappa shape index (κ2) is 8.54. The number of ketones is 1. The summed E-state index contributed by atoms with van der Waals surface area (Å²) in [7, 11) is 7.42. The lowest BCUT2D eigenvalue weighted by atomic mass is 9.69. The predicted molar refractivity (Wildman–Crippen MR) is 120 cm³/mol. The molecule has 2 heterocycles. The molecule has 0 radical (unpaired) electrons. The zero-order valence-corrected chi connectivity index (χ0v) is 20.6. The van der Waals surface area contributed by atoms with Gasteiger partial charge in [-0.1, -0.05) is 13.8 Å². The number of methoxy groups -OCH3 is 5. The largest absolute Gasteiger partial charge is 0.493 e. The minimum atomic E-state index is -1.45. The summed E-state index contributed by atoms with van der Waals surface area (Å²) in [5.41, 5.74) is 0.397. The molecule has 184 valence electrons. The maximum atomic E-state index is 13.1. The first-order chi connectivity index (χ1) is 16.2. The van der Waals surface area contributed by atoms with Crippen LogP contribution in [0.15, 0.2) is 29.2 Å². The molecule has 0 aromatic heterocycles. The molecule has 3 unspecified atom stereocenters. The SMILES string of the molecule is COC1=C(OC)[C@@]23O[C@H](c4cc(OC)c(OC)c(OC)c42)C(C)C(C)C(OC(C)=O)C3=CC1=O. The number of fused-ring (bicyclic) bond motifs is 3.